The number of hydrogen-bond donors (Lipinski definition) is 1. The highest BCUT2D eigenvalue weighted by atomic mass is 16.5. The smallest absolute Gasteiger partial charge is 0.325 e. The summed E-state index contributed by atoms with van der Waals surface area (Å²) in [7, 11) is 3.15. The number of amides is 3. The average molecular weight is 447 g/mol. The van der Waals surface area contributed by atoms with E-state index in [4.69, 9.17) is 14.2 Å². The molecule has 3 aromatic carbocycles. The van der Waals surface area contributed by atoms with E-state index >= 15 is 0 Å². The Morgan fingerprint density at radius 3 is 1.91 bits per heavy atom. The molecule has 0 spiro atoms. The first-order valence-electron chi connectivity index (χ1n) is 10.6. The monoisotopic (exact) mass is 446 g/mol. The van der Waals surface area contributed by atoms with E-state index in [0.29, 0.717) is 28.4 Å². The molecule has 0 aromatic heterocycles. The summed E-state index contributed by atoms with van der Waals surface area (Å²) in [5, 5.41) is 2.93. The fraction of sp³-hybridized carbons (Fsp3) is 0.231. The van der Waals surface area contributed by atoms with Gasteiger partial charge in [0.25, 0.3) is 5.91 Å². The van der Waals surface area contributed by atoms with Crippen LogP contribution in [0.4, 0.5) is 4.79 Å². The first-order valence-corrected chi connectivity index (χ1v) is 10.6. The van der Waals surface area contributed by atoms with Crippen LogP contribution in [0.2, 0.25) is 0 Å². The Labute approximate surface area is 192 Å². The quantitative estimate of drug-likeness (QED) is 0.532. The summed E-state index contributed by atoms with van der Waals surface area (Å²) in [6, 6.07) is 21.4. The molecule has 3 aromatic rings. The first kappa shape index (κ1) is 22.2. The van der Waals surface area contributed by atoms with Crippen LogP contribution in [-0.4, -0.2) is 44.2 Å². The third kappa shape index (κ3) is 4.22. The Morgan fingerprint density at radius 1 is 0.818 bits per heavy atom. The average Bonchev–Trinajstić information content (AvgIpc) is 3.10. The van der Waals surface area contributed by atoms with Crippen molar-refractivity contribution < 1.29 is 23.8 Å². The number of nitrogens with one attached hydrogen (secondary N) is 1. The number of methoxy groups -OCH3 is 2. The Bertz CT molecular complexity index is 1090. The van der Waals surface area contributed by atoms with E-state index in [2.05, 4.69) is 5.32 Å². The van der Waals surface area contributed by atoms with Gasteiger partial charge in [-0.3, -0.25) is 9.69 Å². The van der Waals surface area contributed by atoms with Crippen molar-refractivity contribution in [3.05, 3.63) is 89.5 Å². The lowest BCUT2D eigenvalue weighted by atomic mass is 9.82. The molecule has 1 fully saturated rings. The highest BCUT2D eigenvalue weighted by Crippen LogP contribution is 2.37. The minimum Gasteiger partial charge on any atom is -0.497 e. The van der Waals surface area contributed by atoms with Gasteiger partial charge in [0, 0.05) is 0 Å². The third-order valence-corrected chi connectivity index (χ3v) is 5.72. The molecule has 3 amide bonds. The van der Waals surface area contributed by atoms with Crippen molar-refractivity contribution in [2.24, 2.45) is 0 Å². The SMILES string of the molecule is COc1ccc(C2(c3ccc(OC)cc3)NC(=O)N(CCOc3cccc(C)c3)C2=O)cc1. The zero-order valence-corrected chi connectivity index (χ0v) is 18.8. The van der Waals surface area contributed by atoms with Gasteiger partial charge in [-0.25, -0.2) is 4.79 Å². The molecular weight excluding hydrogens is 420 g/mol. The Hall–Kier alpha value is -4.00. The standard InChI is InChI=1S/C26H26N2O5/c1-18-5-4-6-23(17-18)33-16-15-28-24(29)26(27-25(28)30,19-7-11-21(31-2)12-8-19)20-9-13-22(32-3)14-10-20/h4-14,17H,15-16H2,1-3H3,(H,27,30). The van der Waals surface area contributed by atoms with Gasteiger partial charge in [0.2, 0.25) is 0 Å². The number of rotatable bonds is 8. The molecule has 1 N–H and O–H groups in total. The lowest BCUT2D eigenvalue weighted by molar-refractivity contribution is -0.130. The van der Waals surface area contributed by atoms with Gasteiger partial charge in [-0.15, -0.1) is 0 Å². The van der Waals surface area contributed by atoms with Crippen molar-refractivity contribution in [3.63, 3.8) is 0 Å². The molecule has 1 saturated heterocycles. The lowest BCUT2D eigenvalue weighted by Gasteiger charge is -2.28. The van der Waals surface area contributed by atoms with Gasteiger partial charge in [-0.1, -0.05) is 36.4 Å². The summed E-state index contributed by atoms with van der Waals surface area (Å²) in [4.78, 5) is 27.9. The van der Waals surface area contributed by atoms with Gasteiger partial charge >= 0.3 is 6.03 Å². The lowest BCUT2D eigenvalue weighted by Crippen LogP contribution is -2.45. The minimum atomic E-state index is -1.36. The number of nitrogens with zero attached hydrogens (tertiary/aromatic N) is 1. The van der Waals surface area contributed by atoms with E-state index in [1.165, 1.54) is 4.90 Å². The van der Waals surface area contributed by atoms with Gasteiger partial charge in [-0.2, -0.15) is 0 Å². The molecule has 33 heavy (non-hydrogen) atoms. The van der Waals surface area contributed by atoms with Crippen molar-refractivity contribution in [2.75, 3.05) is 27.4 Å². The number of benzene rings is 3. The maximum atomic E-state index is 13.8. The minimum absolute atomic E-state index is 0.118. The highest BCUT2D eigenvalue weighted by Gasteiger charge is 2.53. The van der Waals surface area contributed by atoms with E-state index in [1.807, 2.05) is 31.2 Å². The van der Waals surface area contributed by atoms with E-state index in [-0.39, 0.29) is 19.1 Å². The summed E-state index contributed by atoms with van der Waals surface area (Å²) in [6.07, 6.45) is 0. The molecule has 0 saturated carbocycles. The number of imide groups is 1. The van der Waals surface area contributed by atoms with Crippen LogP contribution < -0.4 is 19.5 Å². The Morgan fingerprint density at radius 2 is 1.39 bits per heavy atom. The van der Waals surface area contributed by atoms with E-state index in [9.17, 15) is 9.59 Å². The zero-order valence-electron chi connectivity index (χ0n) is 18.8. The maximum absolute atomic E-state index is 13.8. The molecule has 0 aliphatic carbocycles. The molecule has 0 atom stereocenters. The molecule has 0 radical (unpaired) electrons. The van der Waals surface area contributed by atoms with Crippen LogP contribution in [-0.2, 0) is 10.3 Å². The number of hydrogen-bond acceptors (Lipinski definition) is 5. The largest absolute Gasteiger partial charge is 0.497 e. The molecule has 1 aliphatic rings. The second-order valence-corrected chi connectivity index (χ2v) is 7.76. The Kier molecular flexibility index (Phi) is 6.22. The molecule has 1 heterocycles. The number of ether oxygens (including phenoxy) is 3. The van der Waals surface area contributed by atoms with E-state index in [0.717, 1.165) is 5.56 Å². The van der Waals surface area contributed by atoms with Crippen LogP contribution in [0.3, 0.4) is 0 Å². The predicted molar refractivity (Wildman–Crippen MR) is 124 cm³/mol. The number of carbonyl (C=O) groups excluding carboxylic acids is 2. The van der Waals surface area contributed by atoms with Gasteiger partial charge in [0.15, 0.2) is 5.54 Å². The van der Waals surface area contributed by atoms with E-state index < -0.39 is 11.6 Å². The second-order valence-electron chi connectivity index (χ2n) is 7.76. The molecule has 7 heteroatoms. The fourth-order valence-corrected chi connectivity index (χ4v) is 3.98. The van der Waals surface area contributed by atoms with Crippen molar-refractivity contribution in [1.82, 2.24) is 10.2 Å². The molecule has 0 bridgehead atoms. The second kappa shape index (κ2) is 9.24. The fourth-order valence-electron chi connectivity index (χ4n) is 3.98. The van der Waals surface area contributed by atoms with Crippen molar-refractivity contribution in [3.8, 4) is 17.2 Å². The van der Waals surface area contributed by atoms with Crippen LogP contribution in [0.15, 0.2) is 72.8 Å². The molecule has 7 nitrogen and oxygen atoms in total. The van der Waals surface area contributed by atoms with Crippen LogP contribution >= 0.6 is 0 Å². The summed E-state index contributed by atoms with van der Waals surface area (Å²) in [6.45, 7) is 2.28. The van der Waals surface area contributed by atoms with E-state index in [1.54, 1.807) is 62.8 Å². The van der Waals surface area contributed by atoms with Crippen molar-refractivity contribution in [2.45, 2.75) is 12.5 Å². The summed E-state index contributed by atoms with van der Waals surface area (Å²) >= 11 is 0. The summed E-state index contributed by atoms with van der Waals surface area (Å²) < 4.78 is 16.3. The van der Waals surface area contributed by atoms with Crippen LogP contribution in [0.25, 0.3) is 0 Å². The number of urea groups is 1. The van der Waals surface area contributed by atoms with Gasteiger partial charge in [-0.05, 0) is 60.0 Å². The summed E-state index contributed by atoms with van der Waals surface area (Å²) in [5.74, 6) is 1.64. The van der Waals surface area contributed by atoms with Gasteiger partial charge in [0.1, 0.15) is 23.9 Å². The van der Waals surface area contributed by atoms with Crippen LogP contribution in [0.5, 0.6) is 17.2 Å². The molecule has 1 aliphatic heterocycles. The first-order chi connectivity index (χ1) is 16.0. The molecular formula is C26H26N2O5. The van der Waals surface area contributed by atoms with Crippen LogP contribution in [0, 0.1) is 6.92 Å². The van der Waals surface area contributed by atoms with Crippen molar-refractivity contribution in [1.29, 1.82) is 0 Å². The van der Waals surface area contributed by atoms with Gasteiger partial charge < -0.3 is 19.5 Å². The molecule has 0 unspecified atom stereocenters. The topological polar surface area (TPSA) is 77.1 Å². The van der Waals surface area contributed by atoms with Crippen molar-refractivity contribution >= 4 is 11.9 Å². The predicted octanol–water partition coefficient (Wildman–Crippen LogP) is 3.89. The molecule has 4 rings (SSSR count). The third-order valence-electron chi connectivity index (χ3n) is 5.72. The zero-order chi connectivity index (χ0) is 23.4. The normalized spacial score (nSPS) is 14.7. The Balaban J connectivity index is 1.64. The molecule has 170 valence electrons. The maximum Gasteiger partial charge on any atom is 0.325 e. The summed E-state index contributed by atoms with van der Waals surface area (Å²) in [5.41, 5.74) is 0.974. The highest BCUT2D eigenvalue weighted by molar-refractivity contribution is 6.09. The number of aryl methyl sites for hydroxylation is 1. The van der Waals surface area contributed by atoms with Gasteiger partial charge in [0.05, 0.1) is 20.8 Å². The van der Waals surface area contributed by atoms with Crippen LogP contribution in [0.1, 0.15) is 16.7 Å². The number of carbonyl (C=O) groups is 2.